The molecule has 0 spiro atoms. The van der Waals surface area contributed by atoms with Gasteiger partial charge >= 0.3 is 5.97 Å². The Balaban J connectivity index is 3.58. The van der Waals surface area contributed by atoms with Gasteiger partial charge in [-0.25, -0.2) is 4.79 Å². The molecule has 0 unspecified atom stereocenters. The van der Waals surface area contributed by atoms with Crippen molar-refractivity contribution < 1.29 is 14.7 Å². The van der Waals surface area contributed by atoms with Crippen LogP contribution in [0.5, 0.6) is 0 Å². The van der Waals surface area contributed by atoms with Crippen molar-refractivity contribution in [3.05, 3.63) is 0 Å². The molecule has 0 aliphatic carbocycles. The zero-order valence-electron chi connectivity index (χ0n) is 3.97. The standard InChI is InChI=1S/C4H6O3/c1-2-3(5)4(6)7/h2H2,1H3,(H,6,7)/i1+1,2+1,3+1,4+1. The second kappa shape index (κ2) is 2.34. The summed E-state index contributed by atoms with van der Waals surface area (Å²) in [5, 5.41) is 7.83. The van der Waals surface area contributed by atoms with Gasteiger partial charge in [-0.2, -0.15) is 0 Å². The van der Waals surface area contributed by atoms with Crippen LogP contribution in [0, 0.1) is 0 Å². The summed E-state index contributed by atoms with van der Waals surface area (Å²) in [7, 11) is 0. The molecule has 0 heterocycles. The minimum Gasteiger partial charge on any atom is -0.476 e. The predicted octanol–water partition coefficient (Wildman–Crippen LogP) is 0.0501. The summed E-state index contributed by atoms with van der Waals surface area (Å²) in [6, 6.07) is 0. The maximum atomic E-state index is 9.91. The lowest BCUT2D eigenvalue weighted by Gasteiger charge is -1.80. The van der Waals surface area contributed by atoms with Crippen LogP contribution in [0.1, 0.15) is 13.3 Å². The molecule has 0 aromatic carbocycles. The lowest BCUT2D eigenvalue weighted by atomic mass is 11.3. The summed E-state index contributed by atoms with van der Waals surface area (Å²) < 4.78 is 0. The normalized spacial score (nSPS) is 8.14. The van der Waals surface area contributed by atoms with E-state index in [0.717, 1.165) is 0 Å². The molecule has 0 atom stereocenters. The summed E-state index contributed by atoms with van der Waals surface area (Å²) in [4.78, 5) is 19.5. The smallest absolute Gasteiger partial charge is 0.372 e. The molecule has 0 saturated carbocycles. The Hall–Kier alpha value is -0.860. The molecule has 0 fully saturated rings. The molecule has 40 valence electrons. The first-order valence-electron chi connectivity index (χ1n) is 1.94. The van der Waals surface area contributed by atoms with Crippen molar-refractivity contribution in [1.29, 1.82) is 0 Å². The molecule has 0 amide bonds. The fraction of sp³-hybridized carbons (Fsp3) is 0.500. The second-order valence-electron chi connectivity index (χ2n) is 1.08. The maximum absolute atomic E-state index is 9.91. The van der Waals surface area contributed by atoms with Gasteiger partial charge in [0.2, 0.25) is 5.78 Å². The summed E-state index contributed by atoms with van der Waals surface area (Å²) in [5.74, 6) is -2.08. The van der Waals surface area contributed by atoms with Crippen molar-refractivity contribution in [3.63, 3.8) is 0 Å². The summed E-state index contributed by atoms with van der Waals surface area (Å²) >= 11 is 0. The van der Waals surface area contributed by atoms with E-state index < -0.39 is 11.8 Å². The van der Waals surface area contributed by atoms with Gasteiger partial charge in [-0.1, -0.05) is 6.92 Å². The molecule has 1 N–H and O–H groups in total. The molecule has 0 bridgehead atoms. The number of carboxylic acids is 1. The highest BCUT2D eigenvalue weighted by Gasteiger charge is 2.05. The molecule has 7 heavy (non-hydrogen) atoms. The van der Waals surface area contributed by atoms with Crippen LogP contribution in [0.2, 0.25) is 0 Å². The highest BCUT2D eigenvalue weighted by molar-refractivity contribution is 6.32. The van der Waals surface area contributed by atoms with E-state index in [0.29, 0.717) is 0 Å². The first kappa shape index (κ1) is 6.14. The summed E-state index contributed by atoms with van der Waals surface area (Å²) in [6.45, 7) is 1.51. The van der Waals surface area contributed by atoms with Crippen molar-refractivity contribution in [2.75, 3.05) is 0 Å². The molecule has 3 heteroatoms. The number of rotatable bonds is 2. The first-order valence-corrected chi connectivity index (χ1v) is 1.94. The quantitative estimate of drug-likeness (QED) is 0.399. The van der Waals surface area contributed by atoms with E-state index in [2.05, 4.69) is 0 Å². The predicted molar refractivity (Wildman–Crippen MR) is 22.9 cm³/mol. The molecular formula is C4H6O3. The van der Waals surface area contributed by atoms with Gasteiger partial charge in [0.25, 0.3) is 0 Å². The van der Waals surface area contributed by atoms with Crippen molar-refractivity contribution in [3.8, 4) is 0 Å². The van der Waals surface area contributed by atoms with Gasteiger partial charge in [0.15, 0.2) is 0 Å². The summed E-state index contributed by atoms with van der Waals surface area (Å²) in [6.07, 6.45) is 0.0787. The van der Waals surface area contributed by atoms with E-state index in [4.69, 9.17) is 5.11 Å². The van der Waals surface area contributed by atoms with Gasteiger partial charge in [0, 0.05) is 6.42 Å². The van der Waals surface area contributed by atoms with Crippen molar-refractivity contribution in [1.82, 2.24) is 0 Å². The Morgan fingerprint density at radius 1 is 1.57 bits per heavy atom. The van der Waals surface area contributed by atoms with Gasteiger partial charge in [-0.3, -0.25) is 4.79 Å². The Morgan fingerprint density at radius 3 is 2.00 bits per heavy atom. The van der Waals surface area contributed by atoms with Gasteiger partial charge in [-0.05, 0) is 0 Å². The second-order valence-corrected chi connectivity index (χ2v) is 1.08. The summed E-state index contributed by atoms with van der Waals surface area (Å²) in [5.41, 5.74) is 0. The zero-order valence-corrected chi connectivity index (χ0v) is 3.97. The SMILES string of the molecule is [13CH3][13CH2][13C](=O)[13C](=O)O. The van der Waals surface area contributed by atoms with E-state index >= 15 is 0 Å². The lowest BCUT2D eigenvalue weighted by Crippen LogP contribution is -2.09. The Kier molecular flexibility index (Phi) is 2.05. The average molecular weight is 106 g/mol. The first-order chi connectivity index (χ1) is 3.18. The minimum absolute atomic E-state index is 0.0787. The van der Waals surface area contributed by atoms with Crippen LogP contribution < -0.4 is 0 Å². The lowest BCUT2D eigenvalue weighted by molar-refractivity contribution is -0.148. The molecule has 0 aliphatic rings. The van der Waals surface area contributed by atoms with E-state index in [1.165, 1.54) is 6.92 Å². The number of aliphatic carboxylic acids is 1. The van der Waals surface area contributed by atoms with E-state index in [-0.39, 0.29) is 6.42 Å². The number of carbonyl (C=O) groups excluding carboxylic acids is 1. The maximum Gasteiger partial charge on any atom is 0.372 e. The van der Waals surface area contributed by atoms with Crippen LogP contribution in [0.3, 0.4) is 0 Å². The highest BCUT2D eigenvalue weighted by atomic mass is 16.5. The largest absolute Gasteiger partial charge is 0.476 e. The van der Waals surface area contributed by atoms with Crippen molar-refractivity contribution in [2.45, 2.75) is 13.3 Å². The van der Waals surface area contributed by atoms with E-state index in [1.54, 1.807) is 0 Å². The topological polar surface area (TPSA) is 54.4 Å². The molecule has 3 nitrogen and oxygen atoms in total. The Bertz CT molecular complexity index is 95.1. The third kappa shape index (κ3) is 1.92. The van der Waals surface area contributed by atoms with Gasteiger partial charge < -0.3 is 5.11 Å². The third-order valence-electron chi connectivity index (χ3n) is 0.560. The fourth-order valence-corrected chi connectivity index (χ4v) is 0.151. The fourth-order valence-electron chi connectivity index (χ4n) is 0.151. The van der Waals surface area contributed by atoms with E-state index in [9.17, 15) is 9.59 Å². The minimum atomic E-state index is -1.34. The van der Waals surface area contributed by atoms with Crippen molar-refractivity contribution >= 4 is 11.8 Å². The average Bonchev–Trinajstić information content (AvgIpc) is 1.65. The molecule has 0 aliphatic heterocycles. The molecular weight excluding hydrogens is 100 g/mol. The number of Topliss-reactive ketones (excluding diaryl/α,β-unsaturated/α-hetero) is 1. The van der Waals surface area contributed by atoms with Crippen LogP contribution in [0.25, 0.3) is 0 Å². The molecule has 0 radical (unpaired) electrons. The number of ketones is 1. The number of hydrogen-bond donors (Lipinski definition) is 1. The number of hydrogen-bond acceptors (Lipinski definition) is 2. The molecule has 0 aromatic heterocycles. The van der Waals surface area contributed by atoms with Crippen LogP contribution in [0.15, 0.2) is 0 Å². The van der Waals surface area contributed by atoms with Gasteiger partial charge in [0.05, 0.1) is 0 Å². The highest BCUT2D eigenvalue weighted by Crippen LogP contribution is 1.76. The number of carboxylic acid groups (broad SMARTS) is 1. The molecule has 0 aromatic rings. The monoisotopic (exact) mass is 106 g/mol. The Morgan fingerprint density at radius 2 is 2.00 bits per heavy atom. The molecule has 0 rings (SSSR count). The van der Waals surface area contributed by atoms with Crippen LogP contribution >= 0.6 is 0 Å². The van der Waals surface area contributed by atoms with Crippen LogP contribution in [-0.2, 0) is 9.59 Å². The van der Waals surface area contributed by atoms with Gasteiger partial charge in [-0.15, -0.1) is 0 Å². The number of carbonyl (C=O) groups is 2. The zero-order chi connectivity index (χ0) is 5.86. The Labute approximate surface area is 41.0 Å². The van der Waals surface area contributed by atoms with E-state index in [1.807, 2.05) is 0 Å². The van der Waals surface area contributed by atoms with Gasteiger partial charge in [0.1, 0.15) is 0 Å². The van der Waals surface area contributed by atoms with Crippen LogP contribution in [0.4, 0.5) is 0 Å². The van der Waals surface area contributed by atoms with Crippen LogP contribution in [-0.4, -0.2) is 16.9 Å². The van der Waals surface area contributed by atoms with Crippen molar-refractivity contribution in [2.24, 2.45) is 0 Å². The molecule has 0 saturated heterocycles. The third-order valence-corrected chi connectivity index (χ3v) is 0.560.